The highest BCUT2D eigenvalue weighted by atomic mass is 35.5. The molecule has 1 amide bonds. The Morgan fingerprint density at radius 1 is 1.07 bits per heavy atom. The van der Waals surface area contributed by atoms with Gasteiger partial charge in [0, 0.05) is 5.38 Å². The number of methoxy groups -OCH3 is 2. The van der Waals surface area contributed by atoms with Gasteiger partial charge in [-0.25, -0.2) is 4.79 Å². The van der Waals surface area contributed by atoms with E-state index in [1.807, 2.05) is 0 Å². The number of rotatable bonds is 6. The van der Waals surface area contributed by atoms with Crippen LogP contribution in [-0.2, 0) is 0 Å². The normalized spacial score (nSPS) is 10.6. The first kappa shape index (κ1) is 22.2. The molecule has 0 saturated heterocycles. The van der Waals surface area contributed by atoms with E-state index in [1.165, 1.54) is 37.0 Å². The van der Waals surface area contributed by atoms with Crippen LogP contribution < -0.4 is 14.8 Å². The van der Waals surface area contributed by atoms with Gasteiger partial charge in [-0.1, -0.05) is 46.9 Å². The van der Waals surface area contributed by atoms with Crippen LogP contribution >= 0.6 is 46.1 Å². The summed E-state index contributed by atoms with van der Waals surface area (Å²) < 4.78 is 10.3. The molecule has 2 aromatic carbocycles. The number of anilines is 1. The fourth-order valence-corrected chi connectivity index (χ4v) is 4.59. The lowest BCUT2D eigenvalue weighted by molar-refractivity contribution is 0.0699. The maximum Gasteiger partial charge on any atom is 0.339 e. The van der Waals surface area contributed by atoms with Crippen molar-refractivity contribution in [2.24, 2.45) is 0 Å². The van der Waals surface area contributed by atoms with Crippen LogP contribution in [0.5, 0.6) is 11.5 Å². The van der Waals surface area contributed by atoms with Crippen LogP contribution in [0.1, 0.15) is 20.7 Å². The molecule has 0 atom stereocenters. The summed E-state index contributed by atoms with van der Waals surface area (Å²) in [4.78, 5) is 25.2. The second kappa shape index (κ2) is 9.14. The van der Waals surface area contributed by atoms with Gasteiger partial charge >= 0.3 is 5.97 Å². The van der Waals surface area contributed by atoms with Gasteiger partial charge in [0.25, 0.3) is 5.91 Å². The van der Waals surface area contributed by atoms with Gasteiger partial charge in [0.1, 0.15) is 16.3 Å². The van der Waals surface area contributed by atoms with Crippen molar-refractivity contribution >= 4 is 63.7 Å². The number of hydrogen-bond acceptors (Lipinski definition) is 5. The molecule has 0 spiro atoms. The number of hydrogen-bond donors (Lipinski definition) is 2. The van der Waals surface area contributed by atoms with Crippen LogP contribution in [0.4, 0.5) is 5.69 Å². The zero-order valence-corrected chi connectivity index (χ0v) is 18.7. The van der Waals surface area contributed by atoms with Gasteiger partial charge in [-0.3, -0.25) is 4.79 Å². The van der Waals surface area contributed by atoms with Crippen molar-refractivity contribution in [3.63, 3.8) is 0 Å². The number of carboxylic acids is 1. The Kier molecular flexibility index (Phi) is 6.77. The van der Waals surface area contributed by atoms with Gasteiger partial charge in [-0.2, -0.15) is 0 Å². The molecule has 0 unspecified atom stereocenters. The molecule has 0 aliphatic rings. The lowest BCUT2D eigenvalue weighted by Gasteiger charge is -2.12. The second-order valence-corrected chi connectivity index (χ2v) is 7.95. The zero-order chi connectivity index (χ0) is 22.0. The number of carbonyl (C=O) groups is 2. The van der Waals surface area contributed by atoms with E-state index in [-0.39, 0.29) is 37.6 Å². The zero-order valence-electron chi connectivity index (χ0n) is 15.6. The van der Waals surface area contributed by atoms with Gasteiger partial charge in [0.15, 0.2) is 5.75 Å². The molecule has 156 valence electrons. The summed E-state index contributed by atoms with van der Waals surface area (Å²) in [6.45, 7) is 0. The summed E-state index contributed by atoms with van der Waals surface area (Å²) in [5, 5.41) is 13.9. The standard InChI is InChI=1S/C20H14Cl3NO5S/c1-28-10-5-3-4-9(6-10)18-14(20(26)27)13(8-30-18)24-19(25)11-7-12(21)17(29-2)16(23)15(11)22/h3-8H,1-2H3,(H,24,25)(H,26,27). The first-order valence-electron chi connectivity index (χ1n) is 8.30. The van der Waals surface area contributed by atoms with Crippen LogP contribution in [0, 0.1) is 0 Å². The maximum atomic E-state index is 12.8. The average molecular weight is 487 g/mol. The van der Waals surface area contributed by atoms with Crippen molar-refractivity contribution in [2.75, 3.05) is 19.5 Å². The maximum absolute atomic E-state index is 12.8. The lowest BCUT2D eigenvalue weighted by atomic mass is 10.1. The number of benzene rings is 2. The smallest absolute Gasteiger partial charge is 0.339 e. The summed E-state index contributed by atoms with van der Waals surface area (Å²) in [7, 11) is 2.89. The Hall–Kier alpha value is -2.45. The van der Waals surface area contributed by atoms with Crippen LogP contribution in [0.3, 0.4) is 0 Å². The Morgan fingerprint density at radius 3 is 2.43 bits per heavy atom. The number of nitrogens with one attached hydrogen (secondary N) is 1. The number of thiophene rings is 1. The molecule has 0 aliphatic carbocycles. The molecule has 0 aliphatic heterocycles. The Labute approximate surface area is 190 Å². The van der Waals surface area contributed by atoms with E-state index in [1.54, 1.807) is 24.3 Å². The third-order valence-electron chi connectivity index (χ3n) is 4.15. The third kappa shape index (κ3) is 4.20. The Bertz CT molecular complexity index is 1150. The Morgan fingerprint density at radius 2 is 1.80 bits per heavy atom. The highest BCUT2D eigenvalue weighted by Crippen LogP contribution is 2.41. The fraction of sp³-hybridized carbons (Fsp3) is 0.100. The number of aromatic carboxylic acids is 1. The molecule has 10 heteroatoms. The predicted octanol–water partition coefficient (Wildman–Crippen LogP) is 6.34. The van der Waals surface area contributed by atoms with E-state index in [9.17, 15) is 14.7 Å². The average Bonchev–Trinajstić information content (AvgIpc) is 3.14. The van der Waals surface area contributed by atoms with E-state index >= 15 is 0 Å². The number of ether oxygens (including phenoxy) is 2. The molecular formula is C20H14Cl3NO5S. The van der Waals surface area contributed by atoms with Crippen LogP contribution in [-0.4, -0.2) is 31.2 Å². The van der Waals surface area contributed by atoms with Crippen LogP contribution in [0.25, 0.3) is 10.4 Å². The van der Waals surface area contributed by atoms with Crippen molar-refractivity contribution in [1.29, 1.82) is 0 Å². The summed E-state index contributed by atoms with van der Waals surface area (Å²) in [6, 6.07) is 8.27. The molecule has 2 N–H and O–H groups in total. The number of halogens is 3. The molecule has 3 aromatic rings. The van der Waals surface area contributed by atoms with Crippen molar-refractivity contribution in [3.8, 4) is 21.9 Å². The summed E-state index contributed by atoms with van der Waals surface area (Å²) >= 11 is 19.6. The van der Waals surface area contributed by atoms with Gasteiger partial charge in [0.05, 0.1) is 40.4 Å². The van der Waals surface area contributed by atoms with Crippen molar-refractivity contribution < 1.29 is 24.2 Å². The van der Waals surface area contributed by atoms with Crippen molar-refractivity contribution in [2.45, 2.75) is 0 Å². The molecule has 6 nitrogen and oxygen atoms in total. The fourth-order valence-electron chi connectivity index (χ4n) is 2.76. The molecule has 3 rings (SSSR count). The Balaban J connectivity index is 2.01. The lowest BCUT2D eigenvalue weighted by Crippen LogP contribution is -2.15. The number of amides is 1. The quantitative estimate of drug-likeness (QED) is 0.397. The van der Waals surface area contributed by atoms with Crippen LogP contribution in [0.2, 0.25) is 15.1 Å². The third-order valence-corrected chi connectivity index (χ3v) is 6.31. The molecule has 0 saturated carbocycles. The van der Waals surface area contributed by atoms with Gasteiger partial charge in [-0.05, 0) is 23.8 Å². The highest BCUT2D eigenvalue weighted by molar-refractivity contribution is 7.14. The molecule has 0 bridgehead atoms. The van der Waals surface area contributed by atoms with E-state index in [0.29, 0.717) is 16.2 Å². The van der Waals surface area contributed by atoms with E-state index in [4.69, 9.17) is 44.3 Å². The van der Waals surface area contributed by atoms with E-state index in [2.05, 4.69) is 5.32 Å². The van der Waals surface area contributed by atoms with Crippen molar-refractivity contribution in [1.82, 2.24) is 0 Å². The minimum Gasteiger partial charge on any atom is -0.497 e. The van der Waals surface area contributed by atoms with E-state index < -0.39 is 11.9 Å². The first-order valence-corrected chi connectivity index (χ1v) is 10.3. The van der Waals surface area contributed by atoms with Crippen LogP contribution in [0.15, 0.2) is 35.7 Å². The van der Waals surface area contributed by atoms with Gasteiger partial charge in [0.2, 0.25) is 0 Å². The molecular weight excluding hydrogens is 473 g/mol. The molecule has 1 aromatic heterocycles. The topological polar surface area (TPSA) is 84.9 Å². The predicted molar refractivity (Wildman–Crippen MR) is 119 cm³/mol. The monoisotopic (exact) mass is 485 g/mol. The minimum atomic E-state index is -1.19. The largest absolute Gasteiger partial charge is 0.497 e. The summed E-state index contributed by atoms with van der Waals surface area (Å²) in [5.74, 6) is -1.13. The first-order chi connectivity index (χ1) is 14.3. The summed E-state index contributed by atoms with van der Waals surface area (Å²) in [6.07, 6.45) is 0. The number of carboxylic acid groups (broad SMARTS) is 1. The highest BCUT2D eigenvalue weighted by Gasteiger charge is 2.24. The SMILES string of the molecule is COc1cccc(-c2scc(NC(=O)c3cc(Cl)c(OC)c(Cl)c3Cl)c2C(=O)O)c1. The molecule has 30 heavy (non-hydrogen) atoms. The molecule has 0 fully saturated rings. The van der Waals surface area contributed by atoms with Gasteiger partial charge in [-0.15, -0.1) is 11.3 Å². The second-order valence-electron chi connectivity index (χ2n) is 5.91. The summed E-state index contributed by atoms with van der Waals surface area (Å²) in [5.41, 5.74) is 0.696. The van der Waals surface area contributed by atoms with Gasteiger partial charge < -0.3 is 19.9 Å². The number of carbonyl (C=O) groups excluding carboxylic acids is 1. The minimum absolute atomic E-state index is 0.0158. The molecule has 1 heterocycles. The van der Waals surface area contributed by atoms with E-state index in [0.717, 1.165) is 0 Å². The van der Waals surface area contributed by atoms with Crippen molar-refractivity contribution in [3.05, 3.63) is 61.9 Å². The molecule has 0 radical (unpaired) electrons.